The number of methoxy groups -OCH3 is 2. The Hall–Kier alpha value is -1.33. The molecule has 0 saturated carbocycles. The minimum atomic E-state index is -0.256. The molecule has 0 amide bonds. The number of nitrogens with two attached hydrogens (primary N) is 1. The van der Waals surface area contributed by atoms with Crippen LogP contribution in [0, 0.1) is 5.82 Å². The van der Waals surface area contributed by atoms with Gasteiger partial charge in [-0.15, -0.1) is 0 Å². The second-order valence-corrected chi connectivity index (χ2v) is 5.06. The summed E-state index contributed by atoms with van der Waals surface area (Å²) < 4.78 is 24.8. The number of hydrogen-bond donors (Lipinski definition) is 1. The molecule has 0 bridgehead atoms. The van der Waals surface area contributed by atoms with Crippen LogP contribution in [-0.2, 0) is 0 Å². The topological polar surface area (TPSA) is 47.7 Å². The van der Waals surface area contributed by atoms with Gasteiger partial charge < -0.3 is 15.2 Å². The molecule has 1 aliphatic heterocycles. The number of benzene rings is 1. The van der Waals surface area contributed by atoms with E-state index in [1.807, 2.05) is 0 Å². The van der Waals surface area contributed by atoms with Crippen molar-refractivity contribution in [2.45, 2.75) is 25.3 Å². The highest BCUT2D eigenvalue weighted by Crippen LogP contribution is 2.36. The molecule has 1 fully saturated rings. The SMILES string of the molecule is COc1cc(F)c(C(CCN)N2CCCC2)cc1OC. The summed E-state index contributed by atoms with van der Waals surface area (Å²) >= 11 is 0. The highest BCUT2D eigenvalue weighted by atomic mass is 19.1. The van der Waals surface area contributed by atoms with E-state index in [4.69, 9.17) is 15.2 Å². The van der Waals surface area contributed by atoms with Gasteiger partial charge in [-0.05, 0) is 45.0 Å². The lowest BCUT2D eigenvalue weighted by molar-refractivity contribution is 0.229. The zero-order valence-corrected chi connectivity index (χ0v) is 12.2. The Labute approximate surface area is 119 Å². The van der Waals surface area contributed by atoms with Gasteiger partial charge in [-0.25, -0.2) is 4.39 Å². The molecule has 1 atom stereocenters. The van der Waals surface area contributed by atoms with Crippen molar-refractivity contribution in [1.82, 2.24) is 4.90 Å². The fraction of sp³-hybridized carbons (Fsp3) is 0.600. The minimum absolute atomic E-state index is 0.0160. The predicted octanol–water partition coefficient (Wildman–Crippen LogP) is 2.33. The fourth-order valence-corrected chi connectivity index (χ4v) is 2.87. The maximum atomic E-state index is 14.4. The van der Waals surface area contributed by atoms with Crippen LogP contribution in [0.1, 0.15) is 30.9 Å². The summed E-state index contributed by atoms with van der Waals surface area (Å²) in [7, 11) is 3.07. The highest BCUT2D eigenvalue weighted by molar-refractivity contribution is 5.44. The molecule has 5 heteroatoms. The molecule has 0 spiro atoms. The fourth-order valence-electron chi connectivity index (χ4n) is 2.87. The summed E-state index contributed by atoms with van der Waals surface area (Å²) in [5, 5.41) is 0. The van der Waals surface area contributed by atoms with Crippen LogP contribution >= 0.6 is 0 Å². The Morgan fingerprint density at radius 3 is 2.35 bits per heavy atom. The maximum absolute atomic E-state index is 14.4. The maximum Gasteiger partial charge on any atom is 0.163 e. The molecule has 1 saturated heterocycles. The van der Waals surface area contributed by atoms with E-state index in [1.165, 1.54) is 13.2 Å². The molecule has 2 rings (SSSR count). The molecule has 1 aliphatic rings. The van der Waals surface area contributed by atoms with Crippen LogP contribution in [0.25, 0.3) is 0 Å². The van der Waals surface area contributed by atoms with Crippen molar-refractivity contribution < 1.29 is 13.9 Å². The van der Waals surface area contributed by atoms with E-state index < -0.39 is 0 Å². The lowest BCUT2D eigenvalue weighted by Crippen LogP contribution is -2.28. The molecule has 1 aromatic rings. The molecule has 1 heterocycles. The zero-order valence-electron chi connectivity index (χ0n) is 12.2. The van der Waals surface area contributed by atoms with E-state index in [1.54, 1.807) is 13.2 Å². The van der Waals surface area contributed by atoms with Crippen molar-refractivity contribution in [3.05, 3.63) is 23.5 Å². The summed E-state index contributed by atoms with van der Waals surface area (Å²) in [4.78, 5) is 2.30. The van der Waals surface area contributed by atoms with E-state index >= 15 is 0 Å². The Morgan fingerprint density at radius 2 is 1.80 bits per heavy atom. The number of hydrogen-bond acceptors (Lipinski definition) is 4. The van der Waals surface area contributed by atoms with Crippen LogP contribution in [0.3, 0.4) is 0 Å². The molecular weight excluding hydrogens is 259 g/mol. The first-order valence-electron chi connectivity index (χ1n) is 7.06. The summed E-state index contributed by atoms with van der Waals surface area (Å²) in [6.45, 7) is 2.53. The monoisotopic (exact) mass is 282 g/mol. The number of likely N-dealkylation sites (tertiary alicyclic amines) is 1. The van der Waals surface area contributed by atoms with Crippen LogP contribution in [0.15, 0.2) is 12.1 Å². The van der Waals surface area contributed by atoms with E-state index in [9.17, 15) is 4.39 Å². The second kappa shape index (κ2) is 6.90. The number of nitrogens with zero attached hydrogens (tertiary/aromatic N) is 1. The van der Waals surface area contributed by atoms with Gasteiger partial charge in [0.1, 0.15) is 5.82 Å². The van der Waals surface area contributed by atoms with Gasteiger partial charge in [-0.2, -0.15) is 0 Å². The molecule has 2 N–H and O–H groups in total. The third kappa shape index (κ3) is 3.04. The van der Waals surface area contributed by atoms with Gasteiger partial charge in [-0.3, -0.25) is 4.90 Å². The number of rotatable bonds is 6. The van der Waals surface area contributed by atoms with Crippen molar-refractivity contribution in [3.8, 4) is 11.5 Å². The highest BCUT2D eigenvalue weighted by Gasteiger charge is 2.26. The van der Waals surface area contributed by atoms with Gasteiger partial charge >= 0.3 is 0 Å². The van der Waals surface area contributed by atoms with Gasteiger partial charge in [0, 0.05) is 17.7 Å². The first-order chi connectivity index (χ1) is 9.71. The second-order valence-electron chi connectivity index (χ2n) is 5.06. The standard InChI is InChI=1S/C15H23FN2O2/c1-19-14-9-11(12(16)10-15(14)20-2)13(5-6-17)18-7-3-4-8-18/h9-10,13H,3-8,17H2,1-2H3. The largest absolute Gasteiger partial charge is 0.493 e. The Balaban J connectivity index is 2.36. The zero-order chi connectivity index (χ0) is 14.5. The smallest absolute Gasteiger partial charge is 0.163 e. The van der Waals surface area contributed by atoms with Crippen molar-refractivity contribution >= 4 is 0 Å². The quantitative estimate of drug-likeness (QED) is 0.870. The first kappa shape index (κ1) is 15.1. The normalized spacial score (nSPS) is 17.2. The average Bonchev–Trinajstić information content (AvgIpc) is 2.98. The average molecular weight is 282 g/mol. The van der Waals surface area contributed by atoms with E-state index in [2.05, 4.69) is 4.90 Å². The van der Waals surface area contributed by atoms with Gasteiger partial charge in [-0.1, -0.05) is 0 Å². The van der Waals surface area contributed by atoms with E-state index in [0.29, 0.717) is 23.6 Å². The number of ether oxygens (including phenoxy) is 2. The van der Waals surface area contributed by atoms with Crippen LogP contribution in [0.2, 0.25) is 0 Å². The molecule has 20 heavy (non-hydrogen) atoms. The summed E-state index contributed by atoms with van der Waals surface area (Å²) in [6.07, 6.45) is 3.07. The van der Waals surface area contributed by atoms with Crippen LogP contribution in [-0.4, -0.2) is 38.8 Å². The molecular formula is C15H23FN2O2. The molecule has 4 nitrogen and oxygen atoms in total. The third-order valence-electron chi connectivity index (χ3n) is 3.88. The van der Waals surface area contributed by atoms with Crippen molar-refractivity contribution in [1.29, 1.82) is 0 Å². The van der Waals surface area contributed by atoms with Crippen LogP contribution in [0.4, 0.5) is 4.39 Å². The van der Waals surface area contributed by atoms with E-state index in [0.717, 1.165) is 32.4 Å². The first-order valence-corrected chi connectivity index (χ1v) is 7.06. The van der Waals surface area contributed by atoms with Crippen molar-refractivity contribution in [3.63, 3.8) is 0 Å². The molecule has 112 valence electrons. The molecule has 0 radical (unpaired) electrons. The predicted molar refractivity (Wildman–Crippen MR) is 76.7 cm³/mol. The van der Waals surface area contributed by atoms with Gasteiger partial charge in [0.05, 0.1) is 14.2 Å². The summed E-state index contributed by atoms with van der Waals surface area (Å²) in [5.74, 6) is 0.722. The molecule has 1 unspecified atom stereocenters. The minimum Gasteiger partial charge on any atom is -0.493 e. The third-order valence-corrected chi connectivity index (χ3v) is 3.88. The number of halogens is 1. The van der Waals surface area contributed by atoms with Crippen LogP contribution < -0.4 is 15.2 Å². The Kier molecular flexibility index (Phi) is 5.20. The Bertz CT molecular complexity index is 448. The van der Waals surface area contributed by atoms with Gasteiger partial charge in [0.15, 0.2) is 11.5 Å². The molecule has 0 aromatic heterocycles. The lowest BCUT2D eigenvalue weighted by Gasteiger charge is -2.28. The van der Waals surface area contributed by atoms with Gasteiger partial charge in [0.25, 0.3) is 0 Å². The lowest BCUT2D eigenvalue weighted by atomic mass is 10.0. The summed E-state index contributed by atoms with van der Waals surface area (Å²) in [5.41, 5.74) is 6.35. The van der Waals surface area contributed by atoms with Crippen molar-refractivity contribution in [2.75, 3.05) is 33.9 Å². The Morgan fingerprint density at radius 1 is 1.20 bits per heavy atom. The van der Waals surface area contributed by atoms with E-state index in [-0.39, 0.29) is 11.9 Å². The van der Waals surface area contributed by atoms with Crippen LogP contribution in [0.5, 0.6) is 11.5 Å². The van der Waals surface area contributed by atoms with Gasteiger partial charge in [0.2, 0.25) is 0 Å². The molecule has 0 aliphatic carbocycles. The molecule has 1 aromatic carbocycles. The van der Waals surface area contributed by atoms with Crippen molar-refractivity contribution in [2.24, 2.45) is 5.73 Å². The summed E-state index contributed by atoms with van der Waals surface area (Å²) in [6, 6.07) is 3.16.